The minimum atomic E-state index is -0.428. The number of rotatable bonds is 4. The van der Waals surface area contributed by atoms with Crippen molar-refractivity contribution < 1.29 is 14.3 Å². The van der Waals surface area contributed by atoms with Crippen molar-refractivity contribution in [1.29, 1.82) is 0 Å². The normalized spacial score (nSPS) is 10.0. The van der Waals surface area contributed by atoms with E-state index >= 15 is 0 Å². The highest BCUT2D eigenvalue weighted by atomic mass is 16.5. The van der Waals surface area contributed by atoms with Crippen LogP contribution in [0.2, 0.25) is 0 Å². The molecule has 0 aliphatic heterocycles. The number of methoxy groups -OCH3 is 1. The van der Waals surface area contributed by atoms with Crippen molar-refractivity contribution in [3.63, 3.8) is 0 Å². The van der Waals surface area contributed by atoms with Crippen LogP contribution in [-0.4, -0.2) is 19.7 Å². The molecule has 0 atom stereocenters. The molecule has 0 heterocycles. The van der Waals surface area contributed by atoms with Gasteiger partial charge in [-0.05, 0) is 18.6 Å². The summed E-state index contributed by atoms with van der Waals surface area (Å²) in [4.78, 5) is 11.5. The Morgan fingerprint density at radius 1 is 1.47 bits per heavy atom. The van der Waals surface area contributed by atoms with Gasteiger partial charge in [0.05, 0.1) is 19.3 Å². The van der Waals surface area contributed by atoms with Gasteiger partial charge in [0.1, 0.15) is 0 Å². The zero-order valence-electron chi connectivity index (χ0n) is 8.95. The van der Waals surface area contributed by atoms with Crippen LogP contribution in [0, 0.1) is 0 Å². The fraction of sp³-hybridized carbons (Fsp3) is 0.364. The number of nitrogens with two attached hydrogens (primary N) is 1. The molecule has 0 aliphatic rings. The molecule has 0 unspecified atom stereocenters. The number of esters is 1. The molecule has 0 saturated heterocycles. The van der Waals surface area contributed by atoms with Crippen molar-refractivity contribution in [3.8, 4) is 0 Å². The maximum atomic E-state index is 11.5. The molecule has 0 spiro atoms. The number of ether oxygens (including phenoxy) is 2. The Morgan fingerprint density at radius 3 is 2.80 bits per heavy atom. The molecule has 0 radical (unpaired) electrons. The summed E-state index contributed by atoms with van der Waals surface area (Å²) in [6, 6.07) is 5.26. The molecule has 4 heteroatoms. The number of benzene rings is 1. The average Bonchev–Trinajstić information content (AvgIpc) is 2.25. The van der Waals surface area contributed by atoms with Crippen LogP contribution in [0.4, 0.5) is 5.69 Å². The van der Waals surface area contributed by atoms with Gasteiger partial charge in [-0.2, -0.15) is 0 Å². The lowest BCUT2D eigenvalue weighted by Gasteiger charge is -2.10. The van der Waals surface area contributed by atoms with Gasteiger partial charge in [0.2, 0.25) is 0 Å². The molecule has 15 heavy (non-hydrogen) atoms. The first kappa shape index (κ1) is 11.5. The van der Waals surface area contributed by atoms with Crippen LogP contribution in [-0.2, 0) is 16.1 Å². The molecule has 0 aliphatic carbocycles. The first-order chi connectivity index (χ1) is 7.20. The van der Waals surface area contributed by atoms with E-state index in [0.717, 1.165) is 5.56 Å². The molecule has 1 rings (SSSR count). The lowest BCUT2D eigenvalue weighted by atomic mass is 10.1. The topological polar surface area (TPSA) is 61.5 Å². The third-order valence-electron chi connectivity index (χ3n) is 2.03. The average molecular weight is 209 g/mol. The molecule has 0 saturated carbocycles. The number of carbonyl (C=O) groups excluding carboxylic acids is 1. The third kappa shape index (κ3) is 2.70. The van der Waals surface area contributed by atoms with Crippen molar-refractivity contribution >= 4 is 11.7 Å². The smallest absolute Gasteiger partial charge is 0.340 e. The molecule has 1 aromatic carbocycles. The summed E-state index contributed by atoms with van der Waals surface area (Å²) in [6.45, 7) is 2.85. The fourth-order valence-electron chi connectivity index (χ4n) is 1.30. The monoisotopic (exact) mass is 209 g/mol. The summed E-state index contributed by atoms with van der Waals surface area (Å²) in [6.07, 6.45) is 0. The maximum absolute atomic E-state index is 11.5. The van der Waals surface area contributed by atoms with Crippen molar-refractivity contribution in [2.45, 2.75) is 13.5 Å². The number of hydrogen-bond donors (Lipinski definition) is 1. The summed E-state index contributed by atoms with van der Waals surface area (Å²) < 4.78 is 9.91. The molecule has 1 aromatic rings. The number of anilines is 1. The third-order valence-corrected chi connectivity index (χ3v) is 2.03. The van der Waals surface area contributed by atoms with Crippen molar-refractivity contribution in [1.82, 2.24) is 0 Å². The van der Waals surface area contributed by atoms with Gasteiger partial charge in [0.25, 0.3) is 0 Å². The molecule has 4 nitrogen and oxygen atoms in total. The summed E-state index contributed by atoms with van der Waals surface area (Å²) >= 11 is 0. The zero-order chi connectivity index (χ0) is 11.3. The number of hydrogen-bond acceptors (Lipinski definition) is 4. The van der Waals surface area contributed by atoms with E-state index in [2.05, 4.69) is 4.74 Å². The Labute approximate surface area is 89.0 Å². The molecule has 2 N–H and O–H groups in total. The lowest BCUT2D eigenvalue weighted by Crippen LogP contribution is -2.10. The Bertz CT molecular complexity index is 350. The fourth-order valence-corrected chi connectivity index (χ4v) is 1.30. The zero-order valence-corrected chi connectivity index (χ0v) is 8.95. The summed E-state index contributed by atoms with van der Waals surface area (Å²) in [5.41, 5.74) is 7.28. The van der Waals surface area contributed by atoms with E-state index in [-0.39, 0.29) is 0 Å². The van der Waals surface area contributed by atoms with Gasteiger partial charge < -0.3 is 15.2 Å². The van der Waals surface area contributed by atoms with Crippen molar-refractivity contribution in [2.75, 3.05) is 19.5 Å². The SMILES string of the molecule is CCOCc1cccc(N)c1C(=O)OC. The van der Waals surface area contributed by atoms with Crippen molar-refractivity contribution in [3.05, 3.63) is 29.3 Å². The molecular formula is C11H15NO3. The molecule has 82 valence electrons. The van der Waals surface area contributed by atoms with E-state index < -0.39 is 5.97 Å². The molecule has 0 aromatic heterocycles. The standard InChI is InChI=1S/C11H15NO3/c1-3-15-7-8-5-4-6-9(12)10(8)11(13)14-2/h4-6H,3,7,12H2,1-2H3. The summed E-state index contributed by atoms with van der Waals surface area (Å²) in [5.74, 6) is -0.428. The van der Waals surface area contributed by atoms with Crippen LogP contribution in [0.15, 0.2) is 18.2 Å². The second kappa shape index (κ2) is 5.36. The minimum absolute atomic E-state index is 0.367. The maximum Gasteiger partial charge on any atom is 0.340 e. The van der Waals surface area contributed by atoms with Crippen LogP contribution in [0.25, 0.3) is 0 Å². The van der Waals surface area contributed by atoms with Gasteiger partial charge in [-0.25, -0.2) is 4.79 Å². The Morgan fingerprint density at radius 2 is 2.20 bits per heavy atom. The van der Waals surface area contributed by atoms with Gasteiger partial charge >= 0.3 is 5.97 Å². The molecule has 0 amide bonds. The van der Waals surface area contributed by atoms with Crippen LogP contribution in [0.1, 0.15) is 22.8 Å². The van der Waals surface area contributed by atoms with Crippen LogP contribution < -0.4 is 5.73 Å². The number of nitrogen functional groups attached to an aromatic ring is 1. The van der Waals surface area contributed by atoms with E-state index in [9.17, 15) is 4.79 Å². The molecular weight excluding hydrogens is 194 g/mol. The molecule has 0 bridgehead atoms. The Hall–Kier alpha value is -1.55. The van der Waals surface area contributed by atoms with Crippen LogP contribution in [0.3, 0.4) is 0 Å². The van der Waals surface area contributed by atoms with Gasteiger partial charge in [0, 0.05) is 12.3 Å². The van der Waals surface area contributed by atoms with Gasteiger partial charge in [-0.3, -0.25) is 0 Å². The van der Waals surface area contributed by atoms with Gasteiger partial charge in [0.15, 0.2) is 0 Å². The minimum Gasteiger partial charge on any atom is -0.465 e. The lowest BCUT2D eigenvalue weighted by molar-refractivity contribution is 0.0594. The van der Waals surface area contributed by atoms with Crippen molar-refractivity contribution in [2.24, 2.45) is 0 Å². The van der Waals surface area contributed by atoms with E-state index in [4.69, 9.17) is 10.5 Å². The van der Waals surface area contributed by atoms with E-state index in [1.54, 1.807) is 18.2 Å². The quantitative estimate of drug-likeness (QED) is 0.604. The van der Waals surface area contributed by atoms with Gasteiger partial charge in [-0.1, -0.05) is 12.1 Å². The summed E-state index contributed by atoms with van der Waals surface area (Å²) in [7, 11) is 1.33. The van der Waals surface area contributed by atoms with E-state index in [1.807, 2.05) is 6.92 Å². The van der Waals surface area contributed by atoms with E-state index in [0.29, 0.717) is 24.5 Å². The second-order valence-electron chi connectivity index (χ2n) is 3.01. The Balaban J connectivity index is 3.03. The first-order valence-corrected chi connectivity index (χ1v) is 4.74. The van der Waals surface area contributed by atoms with E-state index in [1.165, 1.54) is 7.11 Å². The Kier molecular flexibility index (Phi) is 4.12. The highest BCUT2D eigenvalue weighted by Gasteiger charge is 2.14. The molecule has 0 fully saturated rings. The predicted octanol–water partition coefficient (Wildman–Crippen LogP) is 1.59. The highest BCUT2D eigenvalue weighted by Crippen LogP contribution is 2.18. The summed E-state index contributed by atoms with van der Waals surface area (Å²) in [5, 5.41) is 0. The second-order valence-corrected chi connectivity index (χ2v) is 3.01. The largest absolute Gasteiger partial charge is 0.465 e. The van der Waals surface area contributed by atoms with Crippen LogP contribution >= 0.6 is 0 Å². The first-order valence-electron chi connectivity index (χ1n) is 4.74. The van der Waals surface area contributed by atoms with Crippen LogP contribution in [0.5, 0.6) is 0 Å². The predicted molar refractivity (Wildman–Crippen MR) is 57.5 cm³/mol. The highest BCUT2D eigenvalue weighted by molar-refractivity contribution is 5.96. The number of carbonyl (C=O) groups is 1. The van der Waals surface area contributed by atoms with Gasteiger partial charge in [-0.15, -0.1) is 0 Å².